The maximum absolute atomic E-state index is 12.7. The van der Waals surface area contributed by atoms with Crippen LogP contribution in [0.15, 0.2) is 36.4 Å². The molecule has 6 nitrogen and oxygen atoms in total. The molecule has 150 valence electrons. The van der Waals surface area contributed by atoms with Gasteiger partial charge in [-0.15, -0.1) is 0 Å². The molecule has 0 bridgehead atoms. The third-order valence-electron chi connectivity index (χ3n) is 5.21. The number of hydrogen-bond donors (Lipinski definition) is 0. The van der Waals surface area contributed by atoms with E-state index in [0.717, 1.165) is 41.5 Å². The lowest BCUT2D eigenvalue weighted by Gasteiger charge is -2.34. The Bertz CT molecular complexity index is 1060. The average molecular weight is 430 g/mol. The Labute approximate surface area is 177 Å². The number of ketones is 1. The molecular weight excluding hydrogens is 410 g/mol. The van der Waals surface area contributed by atoms with Crippen molar-refractivity contribution in [3.63, 3.8) is 0 Å². The van der Waals surface area contributed by atoms with Gasteiger partial charge in [0.05, 0.1) is 16.8 Å². The summed E-state index contributed by atoms with van der Waals surface area (Å²) in [6.45, 7) is 4.82. The molecule has 0 amide bonds. The van der Waals surface area contributed by atoms with Gasteiger partial charge < -0.3 is 14.4 Å². The number of rotatable bonds is 4. The molecule has 0 atom stereocenters. The van der Waals surface area contributed by atoms with Crippen molar-refractivity contribution >= 4 is 44.1 Å². The Morgan fingerprint density at radius 1 is 1.03 bits per heavy atom. The number of carbonyl (C=O) groups excluding carboxylic acids is 1. The van der Waals surface area contributed by atoms with Crippen molar-refractivity contribution < 1.29 is 14.3 Å². The predicted molar refractivity (Wildman–Crippen MR) is 115 cm³/mol. The van der Waals surface area contributed by atoms with E-state index in [4.69, 9.17) is 26.1 Å². The van der Waals surface area contributed by atoms with Gasteiger partial charge in [-0.25, -0.2) is 4.98 Å². The van der Waals surface area contributed by atoms with Gasteiger partial charge in [0.25, 0.3) is 0 Å². The van der Waals surface area contributed by atoms with Crippen LogP contribution in [0, 0.1) is 0 Å². The van der Waals surface area contributed by atoms with Crippen LogP contribution in [-0.2, 0) is 0 Å². The highest BCUT2D eigenvalue weighted by Gasteiger charge is 2.23. The summed E-state index contributed by atoms with van der Waals surface area (Å²) in [6, 6.07) is 11.2. The van der Waals surface area contributed by atoms with Gasteiger partial charge in [0, 0.05) is 36.8 Å². The average Bonchev–Trinajstić information content (AvgIpc) is 3.17. The fourth-order valence-electron chi connectivity index (χ4n) is 3.63. The molecule has 1 fully saturated rings. The van der Waals surface area contributed by atoms with E-state index < -0.39 is 0 Å². The lowest BCUT2D eigenvalue weighted by molar-refractivity contribution is 0.0925. The summed E-state index contributed by atoms with van der Waals surface area (Å²) in [5.41, 5.74) is 1.61. The smallest absolute Gasteiger partial charge is 0.186 e. The summed E-state index contributed by atoms with van der Waals surface area (Å²) >= 11 is 7.75. The summed E-state index contributed by atoms with van der Waals surface area (Å²) in [4.78, 5) is 21.9. The molecule has 1 aromatic heterocycles. The number of fused-ring (bicyclic) bond motifs is 2. The Hall–Kier alpha value is -2.35. The van der Waals surface area contributed by atoms with Crippen LogP contribution < -0.4 is 14.4 Å². The minimum atomic E-state index is 0.102. The zero-order chi connectivity index (χ0) is 19.8. The van der Waals surface area contributed by atoms with Crippen molar-refractivity contribution in [2.45, 2.75) is 0 Å². The molecule has 2 aliphatic rings. The number of halogens is 1. The molecule has 2 aromatic carbocycles. The molecule has 3 aromatic rings. The van der Waals surface area contributed by atoms with Crippen molar-refractivity contribution in [2.75, 3.05) is 50.8 Å². The molecule has 0 aliphatic carbocycles. The van der Waals surface area contributed by atoms with Crippen LogP contribution in [0.25, 0.3) is 10.2 Å². The first-order chi connectivity index (χ1) is 14.2. The largest absolute Gasteiger partial charge is 0.486 e. The van der Waals surface area contributed by atoms with Crippen molar-refractivity contribution in [2.24, 2.45) is 0 Å². The Balaban J connectivity index is 1.21. The van der Waals surface area contributed by atoms with Crippen molar-refractivity contribution in [1.29, 1.82) is 0 Å². The van der Waals surface area contributed by atoms with Crippen molar-refractivity contribution in [1.82, 2.24) is 9.88 Å². The van der Waals surface area contributed by atoms with Crippen LogP contribution >= 0.6 is 22.9 Å². The highest BCUT2D eigenvalue weighted by atomic mass is 35.5. The van der Waals surface area contributed by atoms with Gasteiger partial charge in [0.15, 0.2) is 22.4 Å². The van der Waals surface area contributed by atoms with Crippen molar-refractivity contribution in [3.05, 3.63) is 47.0 Å². The molecule has 0 radical (unpaired) electrons. The third kappa shape index (κ3) is 3.90. The molecular formula is C21H20ClN3O3S. The number of ether oxygens (including phenoxy) is 2. The summed E-state index contributed by atoms with van der Waals surface area (Å²) in [5, 5.41) is 1.72. The van der Waals surface area contributed by atoms with Gasteiger partial charge in [-0.1, -0.05) is 22.9 Å². The Kier molecular flexibility index (Phi) is 5.03. The zero-order valence-electron chi connectivity index (χ0n) is 15.8. The molecule has 5 rings (SSSR count). The van der Waals surface area contributed by atoms with Crippen LogP contribution in [0.4, 0.5) is 5.13 Å². The van der Waals surface area contributed by atoms with E-state index in [1.54, 1.807) is 17.4 Å². The van der Waals surface area contributed by atoms with Crippen molar-refractivity contribution in [3.8, 4) is 11.5 Å². The number of thiazole rings is 1. The Morgan fingerprint density at radius 3 is 2.66 bits per heavy atom. The molecule has 0 N–H and O–H groups in total. The first kappa shape index (κ1) is 18.7. The molecule has 1 saturated heterocycles. The van der Waals surface area contributed by atoms with E-state index >= 15 is 0 Å². The summed E-state index contributed by atoms with van der Waals surface area (Å²) in [6.07, 6.45) is 0. The summed E-state index contributed by atoms with van der Waals surface area (Å²) < 4.78 is 12.3. The minimum absolute atomic E-state index is 0.102. The molecule has 29 heavy (non-hydrogen) atoms. The topological polar surface area (TPSA) is 54.9 Å². The number of nitrogens with zero attached hydrogens (tertiary/aromatic N) is 3. The van der Waals surface area contributed by atoms with E-state index in [0.29, 0.717) is 41.8 Å². The number of piperazine rings is 1. The maximum atomic E-state index is 12.7. The summed E-state index contributed by atoms with van der Waals surface area (Å²) in [7, 11) is 0. The van der Waals surface area contributed by atoms with E-state index in [1.165, 1.54) is 0 Å². The minimum Gasteiger partial charge on any atom is -0.486 e. The van der Waals surface area contributed by atoms with Gasteiger partial charge in [-0.05, 0) is 36.4 Å². The molecule has 2 aliphatic heterocycles. The molecule has 0 saturated carbocycles. The predicted octanol–water partition coefficient (Wildman–Crippen LogP) is 3.73. The van der Waals surface area contributed by atoms with E-state index in [1.807, 2.05) is 30.3 Å². The molecule has 8 heteroatoms. The molecule has 0 spiro atoms. The number of benzene rings is 2. The SMILES string of the molecule is O=C(CN1CCN(c2nc3cc(Cl)ccc3s2)CC1)c1ccc2c(c1)OCCO2. The third-order valence-corrected chi connectivity index (χ3v) is 6.54. The van der Waals surface area contributed by atoms with Gasteiger partial charge in [0.1, 0.15) is 13.2 Å². The van der Waals surface area contributed by atoms with Gasteiger partial charge >= 0.3 is 0 Å². The van der Waals surface area contributed by atoms with Crippen LogP contribution in [0.5, 0.6) is 11.5 Å². The second-order valence-corrected chi connectivity index (χ2v) is 8.60. The maximum Gasteiger partial charge on any atom is 0.186 e. The molecule has 0 unspecified atom stereocenters. The van der Waals surface area contributed by atoms with E-state index in [9.17, 15) is 4.79 Å². The lowest BCUT2D eigenvalue weighted by atomic mass is 10.1. The summed E-state index contributed by atoms with van der Waals surface area (Å²) in [5.74, 6) is 1.46. The molecule has 3 heterocycles. The highest BCUT2D eigenvalue weighted by Crippen LogP contribution is 2.32. The number of anilines is 1. The lowest BCUT2D eigenvalue weighted by Crippen LogP contribution is -2.48. The fourth-order valence-corrected chi connectivity index (χ4v) is 4.80. The van der Waals surface area contributed by atoms with Gasteiger partial charge in [-0.2, -0.15) is 0 Å². The van der Waals surface area contributed by atoms with Gasteiger partial charge in [0.2, 0.25) is 0 Å². The van der Waals surface area contributed by atoms with Crippen LogP contribution in [-0.4, -0.2) is 61.6 Å². The Morgan fingerprint density at radius 2 is 1.83 bits per heavy atom. The van der Waals surface area contributed by atoms with E-state index in [2.05, 4.69) is 9.80 Å². The van der Waals surface area contributed by atoms with E-state index in [-0.39, 0.29) is 5.78 Å². The second-order valence-electron chi connectivity index (χ2n) is 7.15. The number of carbonyl (C=O) groups is 1. The quantitative estimate of drug-likeness (QED) is 0.589. The first-order valence-electron chi connectivity index (χ1n) is 9.62. The van der Waals surface area contributed by atoms with Gasteiger partial charge in [-0.3, -0.25) is 9.69 Å². The fraction of sp³-hybridized carbons (Fsp3) is 0.333. The van der Waals surface area contributed by atoms with Crippen LogP contribution in [0.1, 0.15) is 10.4 Å². The standard InChI is InChI=1S/C21H20ClN3O3S/c22-15-2-4-20-16(12-15)23-21(29-20)25-7-5-24(6-8-25)13-17(26)14-1-3-18-19(11-14)28-10-9-27-18/h1-4,11-12H,5-10,13H2. The van der Waals surface area contributed by atoms with Crippen LogP contribution in [0.3, 0.4) is 0 Å². The first-order valence-corrected chi connectivity index (χ1v) is 10.8. The zero-order valence-corrected chi connectivity index (χ0v) is 17.3. The van der Waals surface area contributed by atoms with Crippen LogP contribution in [0.2, 0.25) is 5.02 Å². The number of Topliss-reactive ketones (excluding diaryl/α,β-unsaturated/α-hetero) is 1. The normalized spacial score (nSPS) is 16.9. The highest BCUT2D eigenvalue weighted by molar-refractivity contribution is 7.22. The second kappa shape index (κ2) is 7.82. The monoisotopic (exact) mass is 429 g/mol. The number of aromatic nitrogens is 1. The number of hydrogen-bond acceptors (Lipinski definition) is 7.